The third kappa shape index (κ3) is 4.51. The van der Waals surface area contributed by atoms with E-state index in [1.54, 1.807) is 18.1 Å². The molecule has 7 nitrogen and oxygen atoms in total. The van der Waals surface area contributed by atoms with Gasteiger partial charge in [0.25, 0.3) is 5.91 Å². The molecule has 178 valence electrons. The fourth-order valence-electron chi connectivity index (χ4n) is 4.20. The first-order valence-corrected chi connectivity index (χ1v) is 12.5. The molecular weight excluding hydrogens is 474 g/mol. The number of aromatic nitrogens is 1. The van der Waals surface area contributed by atoms with Crippen molar-refractivity contribution in [3.63, 3.8) is 0 Å². The zero-order valence-electron chi connectivity index (χ0n) is 19.2. The number of fused-ring (bicyclic) bond motifs is 2. The number of carbonyl (C=O) groups excluding carboxylic acids is 1. The van der Waals surface area contributed by atoms with Crippen molar-refractivity contribution in [3.8, 4) is 5.75 Å². The highest BCUT2D eigenvalue weighted by atomic mass is 35.5. The monoisotopic (exact) mass is 499 g/mol. The predicted molar refractivity (Wildman–Crippen MR) is 136 cm³/mol. The fraction of sp³-hybridized carbons (Fsp3) is 0.360. The first-order valence-electron chi connectivity index (χ1n) is 11.3. The van der Waals surface area contributed by atoms with Crippen LogP contribution in [0.15, 0.2) is 40.8 Å². The molecule has 1 saturated heterocycles. The first-order chi connectivity index (χ1) is 16.5. The maximum absolute atomic E-state index is 13.7. The molecule has 0 bridgehead atoms. The van der Waals surface area contributed by atoms with Gasteiger partial charge in [-0.25, -0.2) is 4.98 Å². The van der Waals surface area contributed by atoms with Gasteiger partial charge >= 0.3 is 0 Å². The molecule has 4 aromatic rings. The van der Waals surface area contributed by atoms with E-state index in [4.69, 9.17) is 30.5 Å². The van der Waals surface area contributed by atoms with Gasteiger partial charge in [-0.1, -0.05) is 41.1 Å². The van der Waals surface area contributed by atoms with Crippen molar-refractivity contribution < 1.29 is 18.7 Å². The number of methoxy groups -OCH3 is 1. The lowest BCUT2D eigenvalue weighted by atomic mass is 10.2. The van der Waals surface area contributed by atoms with Crippen LogP contribution in [0.4, 0.5) is 5.13 Å². The van der Waals surface area contributed by atoms with Gasteiger partial charge in [-0.3, -0.25) is 14.6 Å². The first kappa shape index (κ1) is 23.1. The fourth-order valence-corrected chi connectivity index (χ4v) is 5.54. The summed E-state index contributed by atoms with van der Waals surface area (Å²) in [4.78, 5) is 22.6. The average Bonchev–Trinajstić information content (AvgIpc) is 3.50. The quantitative estimate of drug-likeness (QED) is 0.340. The maximum atomic E-state index is 13.7. The van der Waals surface area contributed by atoms with Gasteiger partial charge in [0.15, 0.2) is 22.2 Å². The van der Waals surface area contributed by atoms with Crippen molar-refractivity contribution in [2.45, 2.75) is 13.3 Å². The number of amides is 1. The molecule has 1 aliphatic heterocycles. The van der Waals surface area contributed by atoms with Gasteiger partial charge in [-0.2, -0.15) is 0 Å². The normalized spacial score (nSPS) is 14.7. The number of carbonyl (C=O) groups is 1. The summed E-state index contributed by atoms with van der Waals surface area (Å²) in [5.74, 6) is 0.624. The molecule has 0 N–H and O–H groups in total. The molecule has 1 fully saturated rings. The van der Waals surface area contributed by atoms with Gasteiger partial charge < -0.3 is 13.9 Å². The topological polar surface area (TPSA) is 68.0 Å². The van der Waals surface area contributed by atoms with E-state index in [0.717, 1.165) is 60.4 Å². The van der Waals surface area contributed by atoms with Crippen LogP contribution in [0.5, 0.6) is 5.75 Å². The molecule has 9 heteroatoms. The molecule has 3 heterocycles. The van der Waals surface area contributed by atoms with Crippen molar-refractivity contribution in [3.05, 3.63) is 52.7 Å². The third-order valence-corrected chi connectivity index (χ3v) is 7.60. The van der Waals surface area contributed by atoms with E-state index >= 15 is 0 Å². The summed E-state index contributed by atoms with van der Waals surface area (Å²) in [6.45, 7) is 6.71. The molecular formula is C25H26ClN3O4S. The second kappa shape index (κ2) is 9.92. The van der Waals surface area contributed by atoms with Crippen LogP contribution in [-0.2, 0) is 4.74 Å². The number of para-hydroxylation sites is 1. The Balaban J connectivity index is 1.47. The molecule has 34 heavy (non-hydrogen) atoms. The summed E-state index contributed by atoms with van der Waals surface area (Å²) < 4.78 is 17.7. The summed E-state index contributed by atoms with van der Waals surface area (Å²) in [6, 6.07) is 11.2. The van der Waals surface area contributed by atoms with Crippen LogP contribution >= 0.6 is 22.9 Å². The zero-order chi connectivity index (χ0) is 23.7. The van der Waals surface area contributed by atoms with Gasteiger partial charge in [-0.15, -0.1) is 0 Å². The minimum absolute atomic E-state index is 0.229. The van der Waals surface area contributed by atoms with Crippen molar-refractivity contribution in [1.82, 2.24) is 9.88 Å². The minimum Gasteiger partial charge on any atom is -0.493 e. The van der Waals surface area contributed by atoms with Gasteiger partial charge in [0, 0.05) is 31.6 Å². The number of rotatable bonds is 7. The Morgan fingerprint density at radius 2 is 2.09 bits per heavy atom. The lowest BCUT2D eigenvalue weighted by Gasteiger charge is -2.27. The number of ether oxygens (including phenoxy) is 2. The summed E-state index contributed by atoms with van der Waals surface area (Å²) in [7, 11) is 1.59. The number of hydrogen-bond acceptors (Lipinski definition) is 7. The van der Waals surface area contributed by atoms with E-state index in [0.29, 0.717) is 28.0 Å². The highest BCUT2D eigenvalue weighted by molar-refractivity contribution is 7.23. The summed E-state index contributed by atoms with van der Waals surface area (Å²) >= 11 is 7.88. The summed E-state index contributed by atoms with van der Waals surface area (Å²) in [6.07, 6.45) is 0.804. The number of hydrogen-bond donors (Lipinski definition) is 0. The largest absolute Gasteiger partial charge is 0.493 e. The molecule has 5 rings (SSSR count). The molecule has 1 aliphatic rings. The smallest absolute Gasteiger partial charge is 0.295 e. The molecule has 2 aromatic carbocycles. The lowest BCUT2D eigenvalue weighted by molar-refractivity contribution is 0.0376. The number of furan rings is 1. The van der Waals surface area contributed by atoms with E-state index in [1.165, 1.54) is 11.3 Å². The zero-order valence-corrected chi connectivity index (χ0v) is 20.7. The van der Waals surface area contributed by atoms with Gasteiger partial charge in [0.1, 0.15) is 0 Å². The van der Waals surface area contributed by atoms with Crippen LogP contribution < -0.4 is 9.64 Å². The molecule has 0 radical (unpaired) electrons. The molecule has 0 unspecified atom stereocenters. The average molecular weight is 500 g/mol. The van der Waals surface area contributed by atoms with Crippen molar-refractivity contribution in [2.75, 3.05) is 51.4 Å². The van der Waals surface area contributed by atoms with Crippen molar-refractivity contribution >= 4 is 55.2 Å². The Hall–Kier alpha value is -2.65. The van der Waals surface area contributed by atoms with Gasteiger partial charge in [0.05, 0.1) is 35.6 Å². The van der Waals surface area contributed by atoms with Crippen LogP contribution in [0.3, 0.4) is 0 Å². The van der Waals surface area contributed by atoms with Crippen LogP contribution in [0.1, 0.15) is 22.5 Å². The molecule has 0 atom stereocenters. The van der Waals surface area contributed by atoms with E-state index in [2.05, 4.69) is 4.90 Å². The molecule has 0 spiro atoms. The number of nitrogens with zero attached hydrogens (tertiary/aromatic N) is 3. The van der Waals surface area contributed by atoms with Gasteiger partial charge in [0.2, 0.25) is 0 Å². The number of benzene rings is 2. The number of morpholine rings is 1. The van der Waals surface area contributed by atoms with Crippen LogP contribution in [0, 0.1) is 6.92 Å². The van der Waals surface area contributed by atoms with E-state index in [-0.39, 0.29) is 11.7 Å². The van der Waals surface area contributed by atoms with Gasteiger partial charge in [-0.05, 0) is 37.1 Å². The number of anilines is 1. The Morgan fingerprint density at radius 3 is 2.85 bits per heavy atom. The Kier molecular flexibility index (Phi) is 6.74. The number of thiazole rings is 1. The Labute approximate surface area is 206 Å². The second-order valence-corrected chi connectivity index (χ2v) is 9.68. The highest BCUT2D eigenvalue weighted by Crippen LogP contribution is 2.37. The summed E-state index contributed by atoms with van der Waals surface area (Å²) in [5.41, 5.74) is 2.41. The van der Waals surface area contributed by atoms with Crippen LogP contribution in [0.2, 0.25) is 5.02 Å². The van der Waals surface area contributed by atoms with E-state index in [9.17, 15) is 4.79 Å². The van der Waals surface area contributed by atoms with E-state index < -0.39 is 0 Å². The summed E-state index contributed by atoms with van der Waals surface area (Å²) in [5, 5.41) is 2.07. The predicted octanol–water partition coefficient (Wildman–Crippen LogP) is 5.38. The molecule has 0 aliphatic carbocycles. The van der Waals surface area contributed by atoms with Crippen LogP contribution in [0.25, 0.3) is 21.2 Å². The maximum Gasteiger partial charge on any atom is 0.295 e. The Bertz CT molecular complexity index is 1290. The van der Waals surface area contributed by atoms with Crippen molar-refractivity contribution in [2.24, 2.45) is 0 Å². The number of halogens is 1. The van der Waals surface area contributed by atoms with Crippen molar-refractivity contribution in [1.29, 1.82) is 0 Å². The SMILES string of the molecule is COc1cccc2cc(C(=O)N(CCCN3CCOCC3)c3nc4c(C)ccc(Cl)c4s3)oc12. The molecule has 1 amide bonds. The molecule has 2 aromatic heterocycles. The standard InChI is InChI=1S/C25H26ClN3O4S/c1-16-7-8-18(26)23-21(16)27-25(34-23)29(10-4-9-28-11-13-32-14-12-28)24(30)20-15-17-5-3-6-19(31-2)22(17)33-20/h3,5-8,15H,4,9-14H2,1-2H3. The third-order valence-electron chi connectivity index (χ3n) is 6.06. The second-order valence-electron chi connectivity index (χ2n) is 8.29. The minimum atomic E-state index is -0.229. The molecule has 0 saturated carbocycles. The Morgan fingerprint density at radius 1 is 1.26 bits per heavy atom. The van der Waals surface area contributed by atoms with E-state index in [1.807, 2.05) is 37.3 Å². The lowest BCUT2D eigenvalue weighted by Crippen LogP contribution is -2.39. The number of aryl methyl sites for hydroxylation is 1. The van der Waals surface area contributed by atoms with Crippen LogP contribution in [-0.4, -0.2) is 62.3 Å². The highest BCUT2D eigenvalue weighted by Gasteiger charge is 2.26.